The number of aliphatic hydroxyl groups excluding tert-OH is 3. The van der Waals surface area contributed by atoms with E-state index in [0.717, 1.165) is 0 Å². The van der Waals surface area contributed by atoms with E-state index in [0.29, 0.717) is 6.54 Å². The highest BCUT2D eigenvalue weighted by atomic mass is 16.3. The first-order chi connectivity index (χ1) is 4.79. The van der Waals surface area contributed by atoms with E-state index >= 15 is 0 Å². The predicted molar refractivity (Wildman–Crippen MR) is 37.3 cm³/mol. The van der Waals surface area contributed by atoms with Crippen molar-refractivity contribution in [3.05, 3.63) is 0 Å². The van der Waals surface area contributed by atoms with Gasteiger partial charge in [-0.25, -0.2) is 0 Å². The van der Waals surface area contributed by atoms with Crippen molar-refractivity contribution in [3.63, 3.8) is 0 Å². The molecule has 62 valence electrons. The maximum absolute atomic E-state index is 8.66. The minimum absolute atomic E-state index is 0.0811. The van der Waals surface area contributed by atoms with Gasteiger partial charge in [-0.2, -0.15) is 0 Å². The van der Waals surface area contributed by atoms with E-state index in [1.165, 1.54) is 0 Å². The Hall–Kier alpha value is -0.160. The molecule has 0 saturated heterocycles. The van der Waals surface area contributed by atoms with E-state index in [1.807, 2.05) is 0 Å². The van der Waals surface area contributed by atoms with Crippen molar-refractivity contribution in [2.24, 2.45) is 17.6 Å². The quantitative estimate of drug-likeness (QED) is 0.370. The zero-order valence-electron chi connectivity index (χ0n) is 5.90. The second kappa shape index (κ2) is 5.61. The van der Waals surface area contributed by atoms with Gasteiger partial charge in [-0.1, -0.05) is 0 Å². The lowest BCUT2D eigenvalue weighted by molar-refractivity contribution is 0.0771. The molecule has 0 aliphatic rings. The summed E-state index contributed by atoms with van der Waals surface area (Å²) in [6, 6.07) is 0. The van der Waals surface area contributed by atoms with E-state index in [2.05, 4.69) is 0 Å². The summed E-state index contributed by atoms with van der Waals surface area (Å²) in [4.78, 5) is 0. The Labute approximate surface area is 60.3 Å². The molecule has 1 unspecified atom stereocenters. The number of hydrogen-bond donors (Lipinski definition) is 4. The van der Waals surface area contributed by atoms with Crippen LogP contribution in [-0.4, -0.2) is 41.7 Å². The molecular formula is C6H15NO3. The summed E-state index contributed by atoms with van der Waals surface area (Å²) in [5, 5.41) is 25.9. The molecule has 0 aromatic heterocycles. The van der Waals surface area contributed by atoms with Crippen LogP contribution in [-0.2, 0) is 0 Å². The lowest BCUT2D eigenvalue weighted by atomic mass is 9.95. The third kappa shape index (κ3) is 2.62. The van der Waals surface area contributed by atoms with Crippen molar-refractivity contribution < 1.29 is 15.3 Å². The monoisotopic (exact) mass is 149 g/mol. The third-order valence-corrected chi connectivity index (χ3v) is 1.67. The SMILES string of the molecule is NCC(CO)C(CO)CO. The molecule has 0 radical (unpaired) electrons. The molecular weight excluding hydrogens is 134 g/mol. The van der Waals surface area contributed by atoms with Gasteiger partial charge in [0.2, 0.25) is 0 Å². The maximum atomic E-state index is 8.66. The first kappa shape index (κ1) is 9.84. The number of aliphatic hydroxyl groups is 3. The Balaban J connectivity index is 3.70. The van der Waals surface area contributed by atoms with Crippen LogP contribution in [0.25, 0.3) is 0 Å². The molecule has 0 amide bonds. The van der Waals surface area contributed by atoms with Crippen molar-refractivity contribution in [2.75, 3.05) is 26.4 Å². The van der Waals surface area contributed by atoms with Crippen LogP contribution >= 0.6 is 0 Å². The third-order valence-electron chi connectivity index (χ3n) is 1.67. The van der Waals surface area contributed by atoms with Gasteiger partial charge >= 0.3 is 0 Å². The van der Waals surface area contributed by atoms with Crippen molar-refractivity contribution in [1.29, 1.82) is 0 Å². The highest BCUT2D eigenvalue weighted by molar-refractivity contribution is 4.68. The van der Waals surface area contributed by atoms with Crippen LogP contribution < -0.4 is 5.73 Å². The second-order valence-electron chi connectivity index (χ2n) is 2.30. The summed E-state index contributed by atoms with van der Waals surface area (Å²) in [6.45, 7) is -0.0393. The zero-order valence-corrected chi connectivity index (χ0v) is 5.90. The van der Waals surface area contributed by atoms with E-state index in [-0.39, 0.29) is 31.7 Å². The van der Waals surface area contributed by atoms with Gasteiger partial charge in [0, 0.05) is 31.7 Å². The molecule has 0 rings (SSSR count). The molecule has 0 fully saturated rings. The fraction of sp³-hybridized carbons (Fsp3) is 1.00. The Morgan fingerprint density at radius 3 is 1.40 bits per heavy atom. The molecule has 0 heterocycles. The fourth-order valence-corrected chi connectivity index (χ4v) is 0.772. The van der Waals surface area contributed by atoms with Gasteiger partial charge in [0.15, 0.2) is 0 Å². The Morgan fingerprint density at radius 1 is 0.900 bits per heavy atom. The van der Waals surface area contributed by atoms with E-state index in [1.54, 1.807) is 0 Å². The summed E-state index contributed by atoms with van der Waals surface area (Å²) in [5.41, 5.74) is 5.25. The van der Waals surface area contributed by atoms with Crippen molar-refractivity contribution in [1.82, 2.24) is 0 Å². The number of nitrogens with two attached hydrogens (primary N) is 1. The molecule has 0 aromatic rings. The maximum Gasteiger partial charge on any atom is 0.0485 e. The summed E-state index contributed by atoms with van der Waals surface area (Å²) in [7, 11) is 0. The molecule has 0 spiro atoms. The normalized spacial score (nSPS) is 14.1. The predicted octanol–water partition coefficient (Wildman–Crippen LogP) is -1.85. The molecule has 5 N–H and O–H groups in total. The summed E-state index contributed by atoms with van der Waals surface area (Å²) in [5.74, 6) is -0.468. The van der Waals surface area contributed by atoms with Gasteiger partial charge in [-0.3, -0.25) is 0 Å². The van der Waals surface area contributed by atoms with Crippen molar-refractivity contribution in [3.8, 4) is 0 Å². The van der Waals surface area contributed by atoms with Crippen LogP contribution in [0, 0.1) is 11.8 Å². The van der Waals surface area contributed by atoms with Crippen LogP contribution in [0.3, 0.4) is 0 Å². The Morgan fingerprint density at radius 2 is 1.30 bits per heavy atom. The van der Waals surface area contributed by atoms with Crippen molar-refractivity contribution >= 4 is 0 Å². The first-order valence-corrected chi connectivity index (χ1v) is 3.32. The van der Waals surface area contributed by atoms with Gasteiger partial charge in [0.05, 0.1) is 0 Å². The highest BCUT2D eigenvalue weighted by Gasteiger charge is 2.17. The molecule has 0 bridgehead atoms. The largest absolute Gasteiger partial charge is 0.396 e. The molecule has 1 atom stereocenters. The molecule has 0 saturated carbocycles. The average molecular weight is 149 g/mol. The van der Waals surface area contributed by atoms with E-state index in [4.69, 9.17) is 21.1 Å². The Bertz CT molecular complexity index is 61.4. The fourth-order valence-electron chi connectivity index (χ4n) is 0.772. The van der Waals surface area contributed by atoms with Crippen LogP contribution in [0.5, 0.6) is 0 Å². The van der Waals surface area contributed by atoms with Crippen molar-refractivity contribution in [2.45, 2.75) is 0 Å². The number of hydrogen-bond acceptors (Lipinski definition) is 4. The summed E-state index contributed by atoms with van der Waals surface area (Å²) in [6.07, 6.45) is 0. The minimum atomic E-state index is -0.282. The molecule has 4 heteroatoms. The Kier molecular flexibility index (Phi) is 5.52. The summed E-state index contributed by atoms with van der Waals surface area (Å²) >= 11 is 0. The first-order valence-electron chi connectivity index (χ1n) is 3.32. The second-order valence-corrected chi connectivity index (χ2v) is 2.30. The van der Waals surface area contributed by atoms with Crippen LogP contribution in [0.4, 0.5) is 0 Å². The van der Waals surface area contributed by atoms with E-state index in [9.17, 15) is 0 Å². The lowest BCUT2D eigenvalue weighted by Gasteiger charge is -2.19. The van der Waals surface area contributed by atoms with Crippen LogP contribution in [0.15, 0.2) is 0 Å². The van der Waals surface area contributed by atoms with E-state index < -0.39 is 0 Å². The molecule has 10 heavy (non-hydrogen) atoms. The average Bonchev–Trinajstić information content (AvgIpc) is 2.00. The number of rotatable bonds is 5. The zero-order chi connectivity index (χ0) is 7.98. The minimum Gasteiger partial charge on any atom is -0.396 e. The molecule has 0 aliphatic carbocycles. The van der Waals surface area contributed by atoms with Crippen LogP contribution in [0.1, 0.15) is 0 Å². The summed E-state index contributed by atoms with van der Waals surface area (Å²) < 4.78 is 0. The molecule has 4 nitrogen and oxygen atoms in total. The van der Waals surface area contributed by atoms with Gasteiger partial charge in [0.25, 0.3) is 0 Å². The van der Waals surface area contributed by atoms with Gasteiger partial charge < -0.3 is 21.1 Å². The highest BCUT2D eigenvalue weighted by Crippen LogP contribution is 2.07. The van der Waals surface area contributed by atoms with Crippen LogP contribution in [0.2, 0.25) is 0 Å². The molecule has 0 aromatic carbocycles. The smallest absolute Gasteiger partial charge is 0.0485 e. The molecule has 0 aliphatic heterocycles. The van der Waals surface area contributed by atoms with Gasteiger partial charge in [-0.15, -0.1) is 0 Å². The lowest BCUT2D eigenvalue weighted by Crippen LogP contribution is -2.31. The topological polar surface area (TPSA) is 86.7 Å². The standard InChI is InChI=1S/C6H15NO3/c7-1-5(2-8)6(3-9)4-10/h5-6,8-10H,1-4,7H2. The van der Waals surface area contributed by atoms with Gasteiger partial charge in [-0.05, 0) is 6.54 Å². The van der Waals surface area contributed by atoms with Gasteiger partial charge in [0.1, 0.15) is 0 Å².